The van der Waals surface area contributed by atoms with Gasteiger partial charge in [0.1, 0.15) is 11.9 Å². The van der Waals surface area contributed by atoms with Crippen molar-refractivity contribution in [1.29, 1.82) is 0 Å². The Morgan fingerprint density at radius 2 is 1.92 bits per heavy atom. The Morgan fingerprint density at radius 1 is 1.17 bits per heavy atom. The minimum atomic E-state index is -4.88. The molecule has 196 valence electrons. The zero-order valence-corrected chi connectivity index (χ0v) is 19.5. The Bertz CT molecular complexity index is 1030. The first-order chi connectivity index (χ1) is 17.3. The van der Waals surface area contributed by atoms with E-state index in [4.69, 9.17) is 9.47 Å². The van der Waals surface area contributed by atoms with Gasteiger partial charge in [0.2, 0.25) is 11.8 Å². The SMILES string of the molecule is O=C(Nc1cc(CO)cc(OC(F)(F)F)c1)N[C@H]1CC[C@H](Oc2ccnc(N3CCOCC3)n2)CC1. The van der Waals surface area contributed by atoms with Crippen molar-refractivity contribution >= 4 is 17.7 Å². The number of rotatable bonds is 7. The number of hydrogen-bond donors (Lipinski definition) is 3. The Kier molecular flexibility index (Phi) is 8.31. The third-order valence-corrected chi connectivity index (χ3v) is 5.85. The first kappa shape index (κ1) is 25.8. The molecular weight excluding hydrogens is 483 g/mol. The summed E-state index contributed by atoms with van der Waals surface area (Å²) in [5, 5.41) is 14.6. The maximum Gasteiger partial charge on any atom is 0.573 e. The van der Waals surface area contributed by atoms with E-state index in [1.807, 2.05) is 4.90 Å². The lowest BCUT2D eigenvalue weighted by molar-refractivity contribution is -0.274. The van der Waals surface area contributed by atoms with Crippen LogP contribution in [0.1, 0.15) is 31.2 Å². The number of nitrogens with one attached hydrogen (secondary N) is 2. The van der Waals surface area contributed by atoms with E-state index in [0.29, 0.717) is 50.7 Å². The summed E-state index contributed by atoms with van der Waals surface area (Å²) >= 11 is 0. The standard InChI is InChI=1S/C23H28F3N5O5/c24-23(25,26)36-19-12-15(14-32)11-17(13-19)29-22(33)28-16-1-3-18(4-2-16)35-20-5-6-27-21(30-20)31-7-9-34-10-8-31/h5-6,11-13,16,18,32H,1-4,7-10,14H2,(H2,28,29,33)/t16-,18-. The Balaban J connectivity index is 1.25. The topological polar surface area (TPSA) is 118 Å². The molecule has 2 heterocycles. The van der Waals surface area contributed by atoms with Crippen LogP contribution in [0.3, 0.4) is 0 Å². The van der Waals surface area contributed by atoms with Gasteiger partial charge >= 0.3 is 12.4 Å². The number of urea groups is 1. The van der Waals surface area contributed by atoms with Crippen LogP contribution in [-0.4, -0.2) is 65.9 Å². The second-order valence-corrected chi connectivity index (χ2v) is 8.56. The number of aliphatic hydroxyl groups is 1. The lowest BCUT2D eigenvalue weighted by Gasteiger charge is -2.30. The number of alkyl halides is 3. The molecule has 0 radical (unpaired) electrons. The van der Waals surface area contributed by atoms with Crippen molar-refractivity contribution in [1.82, 2.24) is 15.3 Å². The molecule has 2 aromatic rings. The summed E-state index contributed by atoms with van der Waals surface area (Å²) in [6.07, 6.45) is -0.540. The summed E-state index contributed by atoms with van der Waals surface area (Å²) in [7, 11) is 0. The van der Waals surface area contributed by atoms with Gasteiger partial charge in [0.25, 0.3) is 0 Å². The molecule has 4 rings (SSSR count). The molecule has 2 amide bonds. The Labute approximate surface area is 205 Å². The molecule has 2 fully saturated rings. The quantitative estimate of drug-likeness (QED) is 0.519. The third kappa shape index (κ3) is 7.59. The van der Waals surface area contributed by atoms with Gasteiger partial charge in [0.15, 0.2) is 0 Å². The fourth-order valence-corrected chi connectivity index (χ4v) is 4.18. The van der Waals surface area contributed by atoms with Crippen LogP contribution < -0.4 is 25.0 Å². The second-order valence-electron chi connectivity index (χ2n) is 8.56. The molecule has 0 spiro atoms. The van der Waals surface area contributed by atoms with E-state index in [-0.39, 0.29) is 23.4 Å². The number of hydrogen-bond acceptors (Lipinski definition) is 8. The van der Waals surface area contributed by atoms with Gasteiger partial charge in [-0.2, -0.15) is 4.98 Å². The van der Waals surface area contributed by atoms with Crippen LogP contribution in [0.5, 0.6) is 11.6 Å². The summed E-state index contributed by atoms with van der Waals surface area (Å²) in [5.74, 6) is 0.585. The molecule has 36 heavy (non-hydrogen) atoms. The monoisotopic (exact) mass is 511 g/mol. The van der Waals surface area contributed by atoms with Gasteiger partial charge in [0, 0.05) is 43.1 Å². The van der Waals surface area contributed by atoms with Crippen molar-refractivity contribution in [3.05, 3.63) is 36.0 Å². The molecule has 1 aromatic heterocycles. The summed E-state index contributed by atoms with van der Waals surface area (Å²) in [6, 6.07) is 4.52. The van der Waals surface area contributed by atoms with E-state index in [9.17, 15) is 23.1 Å². The van der Waals surface area contributed by atoms with E-state index in [2.05, 4.69) is 25.3 Å². The third-order valence-electron chi connectivity index (χ3n) is 5.85. The molecule has 3 N–H and O–H groups in total. The van der Waals surface area contributed by atoms with E-state index < -0.39 is 24.7 Å². The highest BCUT2D eigenvalue weighted by Crippen LogP contribution is 2.28. The molecule has 1 aliphatic carbocycles. The number of carbonyl (C=O) groups is 1. The van der Waals surface area contributed by atoms with Gasteiger partial charge in [-0.05, 0) is 43.4 Å². The van der Waals surface area contributed by atoms with Crippen LogP contribution in [0.15, 0.2) is 30.5 Å². The summed E-state index contributed by atoms with van der Waals surface area (Å²) in [4.78, 5) is 23.3. The summed E-state index contributed by atoms with van der Waals surface area (Å²) in [6.45, 7) is 2.21. The van der Waals surface area contributed by atoms with Crippen molar-refractivity contribution in [2.75, 3.05) is 36.5 Å². The van der Waals surface area contributed by atoms with Gasteiger partial charge in [0.05, 0.1) is 19.8 Å². The zero-order valence-electron chi connectivity index (χ0n) is 19.5. The first-order valence-corrected chi connectivity index (χ1v) is 11.7. The number of anilines is 2. The number of aliphatic hydroxyl groups excluding tert-OH is 1. The van der Waals surface area contributed by atoms with Crippen LogP contribution in [0.2, 0.25) is 0 Å². The Morgan fingerprint density at radius 3 is 2.61 bits per heavy atom. The van der Waals surface area contributed by atoms with Gasteiger partial charge in [-0.3, -0.25) is 0 Å². The van der Waals surface area contributed by atoms with Crippen molar-refractivity contribution in [2.45, 2.75) is 50.8 Å². The van der Waals surface area contributed by atoms with Crippen LogP contribution >= 0.6 is 0 Å². The second kappa shape index (κ2) is 11.6. The molecule has 1 aromatic carbocycles. The molecule has 1 saturated carbocycles. The molecular formula is C23H28F3N5O5. The molecule has 0 atom stereocenters. The van der Waals surface area contributed by atoms with Crippen LogP contribution in [0.25, 0.3) is 0 Å². The van der Waals surface area contributed by atoms with E-state index in [1.54, 1.807) is 12.3 Å². The van der Waals surface area contributed by atoms with Crippen LogP contribution in [0.4, 0.5) is 29.6 Å². The molecule has 1 saturated heterocycles. The van der Waals surface area contributed by atoms with Crippen LogP contribution in [0, 0.1) is 0 Å². The molecule has 13 heteroatoms. The number of ether oxygens (including phenoxy) is 3. The molecule has 2 aliphatic rings. The highest BCUT2D eigenvalue weighted by molar-refractivity contribution is 5.89. The maximum atomic E-state index is 12.5. The minimum absolute atomic E-state index is 0.0538. The van der Waals surface area contributed by atoms with Gasteiger partial charge in [-0.1, -0.05) is 0 Å². The van der Waals surface area contributed by atoms with Crippen molar-refractivity contribution in [3.63, 3.8) is 0 Å². The van der Waals surface area contributed by atoms with E-state index in [1.165, 1.54) is 6.07 Å². The van der Waals surface area contributed by atoms with Crippen molar-refractivity contribution < 1.29 is 37.3 Å². The smallest absolute Gasteiger partial charge is 0.474 e. The van der Waals surface area contributed by atoms with Crippen LogP contribution in [-0.2, 0) is 11.3 Å². The fraction of sp³-hybridized carbons (Fsp3) is 0.522. The lowest BCUT2D eigenvalue weighted by atomic mass is 9.93. The number of amides is 2. The lowest BCUT2D eigenvalue weighted by Crippen LogP contribution is -2.41. The molecule has 1 aliphatic heterocycles. The fourth-order valence-electron chi connectivity index (χ4n) is 4.18. The highest BCUT2D eigenvalue weighted by atomic mass is 19.4. The average molecular weight is 512 g/mol. The predicted molar refractivity (Wildman–Crippen MR) is 123 cm³/mol. The normalized spacial score (nSPS) is 20.5. The predicted octanol–water partition coefficient (Wildman–Crippen LogP) is 3.22. The number of carbonyl (C=O) groups excluding carboxylic acids is 1. The number of halogens is 3. The number of morpholine rings is 1. The van der Waals surface area contributed by atoms with Gasteiger partial charge in [-0.15, -0.1) is 13.2 Å². The summed E-state index contributed by atoms with van der Waals surface area (Å²) < 4.78 is 52.9. The number of benzene rings is 1. The minimum Gasteiger partial charge on any atom is -0.474 e. The molecule has 0 bridgehead atoms. The largest absolute Gasteiger partial charge is 0.573 e. The molecule has 10 nitrogen and oxygen atoms in total. The average Bonchev–Trinajstić information content (AvgIpc) is 2.84. The zero-order chi connectivity index (χ0) is 25.5. The van der Waals surface area contributed by atoms with E-state index >= 15 is 0 Å². The van der Waals surface area contributed by atoms with Crippen molar-refractivity contribution in [2.24, 2.45) is 0 Å². The van der Waals surface area contributed by atoms with E-state index in [0.717, 1.165) is 25.2 Å². The number of aromatic nitrogens is 2. The van der Waals surface area contributed by atoms with Gasteiger partial charge in [-0.25, -0.2) is 9.78 Å². The van der Waals surface area contributed by atoms with Gasteiger partial charge < -0.3 is 34.9 Å². The number of nitrogens with zero attached hydrogens (tertiary/aromatic N) is 3. The Hall–Kier alpha value is -3.32. The highest BCUT2D eigenvalue weighted by Gasteiger charge is 2.31. The first-order valence-electron chi connectivity index (χ1n) is 11.7. The summed E-state index contributed by atoms with van der Waals surface area (Å²) in [5.41, 5.74) is 0.251. The van der Waals surface area contributed by atoms with Crippen molar-refractivity contribution in [3.8, 4) is 11.6 Å². The molecule has 0 unspecified atom stereocenters. The maximum absolute atomic E-state index is 12.5.